The molecule has 2 aromatic carbocycles. The van der Waals surface area contributed by atoms with Crippen LogP contribution in [0.3, 0.4) is 0 Å². The van der Waals surface area contributed by atoms with Crippen LogP contribution in [0.2, 0.25) is 0 Å². The van der Waals surface area contributed by atoms with Gasteiger partial charge in [-0.05, 0) is 32.2 Å². The summed E-state index contributed by atoms with van der Waals surface area (Å²) in [5, 5.41) is 2.53. The molecule has 0 spiro atoms. The number of aryl methyl sites for hydroxylation is 1. The number of halogens is 1. The first-order chi connectivity index (χ1) is 13.3. The molecule has 0 amide bonds. The summed E-state index contributed by atoms with van der Waals surface area (Å²) in [6.45, 7) is 1.84. The largest absolute Gasteiger partial charge is 0.455 e. The summed E-state index contributed by atoms with van der Waals surface area (Å²) >= 11 is 1.40. The van der Waals surface area contributed by atoms with Gasteiger partial charge in [0.25, 0.3) is 0 Å². The van der Waals surface area contributed by atoms with Gasteiger partial charge in [-0.3, -0.25) is 0 Å². The molecule has 0 bridgehead atoms. The van der Waals surface area contributed by atoms with Gasteiger partial charge in [0, 0.05) is 10.9 Å². The van der Waals surface area contributed by atoms with Crippen molar-refractivity contribution in [3.63, 3.8) is 0 Å². The Morgan fingerprint density at radius 1 is 1.21 bits per heavy atom. The zero-order chi connectivity index (χ0) is 20.3. The Balaban J connectivity index is 1.73. The van der Waals surface area contributed by atoms with Crippen molar-refractivity contribution in [3.05, 3.63) is 70.5 Å². The van der Waals surface area contributed by atoms with Gasteiger partial charge in [0.05, 0.1) is 16.2 Å². The highest BCUT2D eigenvalue weighted by molar-refractivity contribution is 7.89. The van der Waals surface area contributed by atoms with E-state index < -0.39 is 27.4 Å². The molecule has 0 radical (unpaired) electrons. The molecule has 9 heteroatoms. The smallest absolute Gasteiger partial charge is 0.341 e. The Kier molecular flexibility index (Phi) is 5.87. The van der Waals surface area contributed by atoms with E-state index in [-0.39, 0.29) is 11.5 Å². The van der Waals surface area contributed by atoms with Gasteiger partial charge in [-0.2, -0.15) is 0 Å². The fraction of sp³-hybridized carbons (Fsp3) is 0.158. The van der Waals surface area contributed by atoms with Crippen molar-refractivity contribution < 1.29 is 22.3 Å². The molecule has 0 saturated carbocycles. The average Bonchev–Trinajstić information content (AvgIpc) is 3.16. The highest BCUT2D eigenvalue weighted by Gasteiger charge is 2.19. The molecule has 3 rings (SSSR count). The number of hydrogen-bond acceptors (Lipinski definition) is 6. The summed E-state index contributed by atoms with van der Waals surface area (Å²) in [5.74, 6) is -1.82. The molecule has 6 nitrogen and oxygen atoms in total. The van der Waals surface area contributed by atoms with E-state index in [0.29, 0.717) is 5.69 Å². The Morgan fingerprint density at radius 2 is 1.93 bits per heavy atom. The summed E-state index contributed by atoms with van der Waals surface area (Å²) in [5.41, 5.74) is 2.15. The van der Waals surface area contributed by atoms with Crippen LogP contribution in [0.4, 0.5) is 4.39 Å². The van der Waals surface area contributed by atoms with Crippen LogP contribution in [0.5, 0.6) is 0 Å². The van der Waals surface area contributed by atoms with Gasteiger partial charge >= 0.3 is 5.97 Å². The van der Waals surface area contributed by atoms with Gasteiger partial charge in [0.15, 0.2) is 0 Å². The Labute approximate surface area is 166 Å². The van der Waals surface area contributed by atoms with Gasteiger partial charge < -0.3 is 4.74 Å². The number of esters is 1. The predicted octanol–water partition coefficient (Wildman–Crippen LogP) is 3.52. The molecule has 0 fully saturated rings. The van der Waals surface area contributed by atoms with E-state index >= 15 is 0 Å². The van der Waals surface area contributed by atoms with E-state index in [9.17, 15) is 17.6 Å². The van der Waals surface area contributed by atoms with E-state index in [1.54, 1.807) is 5.38 Å². The van der Waals surface area contributed by atoms with Crippen molar-refractivity contribution in [1.29, 1.82) is 0 Å². The van der Waals surface area contributed by atoms with Crippen LogP contribution in [0.15, 0.2) is 52.7 Å². The second-order valence-corrected chi connectivity index (χ2v) is 8.68. The minimum Gasteiger partial charge on any atom is -0.455 e. The van der Waals surface area contributed by atoms with Gasteiger partial charge in [-0.15, -0.1) is 11.3 Å². The molecule has 0 atom stereocenters. The van der Waals surface area contributed by atoms with Crippen LogP contribution in [-0.2, 0) is 21.4 Å². The summed E-state index contributed by atoms with van der Waals surface area (Å²) in [7, 11) is -2.58. The third-order valence-electron chi connectivity index (χ3n) is 3.94. The first-order valence-corrected chi connectivity index (χ1v) is 10.6. The lowest BCUT2D eigenvalue weighted by Crippen LogP contribution is -2.19. The quantitative estimate of drug-likeness (QED) is 0.617. The Morgan fingerprint density at radius 3 is 2.61 bits per heavy atom. The zero-order valence-electron chi connectivity index (χ0n) is 15.1. The minimum absolute atomic E-state index is 0.149. The second kappa shape index (κ2) is 8.17. The lowest BCUT2D eigenvalue weighted by Gasteiger charge is -2.07. The maximum atomic E-state index is 14.0. The minimum atomic E-state index is -3.80. The van der Waals surface area contributed by atoms with Crippen LogP contribution in [-0.4, -0.2) is 26.4 Å². The Hall–Kier alpha value is -2.62. The summed E-state index contributed by atoms with van der Waals surface area (Å²) in [6, 6.07) is 10.8. The number of aromatic nitrogens is 1. The number of rotatable bonds is 6. The predicted molar refractivity (Wildman–Crippen MR) is 104 cm³/mol. The maximum absolute atomic E-state index is 14.0. The highest BCUT2D eigenvalue weighted by Crippen LogP contribution is 2.24. The van der Waals surface area contributed by atoms with Gasteiger partial charge in [0.1, 0.15) is 17.4 Å². The van der Waals surface area contributed by atoms with Crippen LogP contribution >= 0.6 is 11.3 Å². The highest BCUT2D eigenvalue weighted by atomic mass is 32.2. The van der Waals surface area contributed by atoms with E-state index in [4.69, 9.17) is 4.74 Å². The molecule has 0 aliphatic carbocycles. The zero-order valence-corrected chi connectivity index (χ0v) is 16.7. The first-order valence-electron chi connectivity index (χ1n) is 8.22. The Bertz CT molecular complexity index is 1110. The number of hydrogen-bond donors (Lipinski definition) is 1. The number of carbonyl (C=O) groups excluding carboxylic acids is 1. The lowest BCUT2D eigenvalue weighted by atomic mass is 10.2. The van der Waals surface area contributed by atoms with Crippen molar-refractivity contribution >= 4 is 27.3 Å². The standard InChI is InChI=1S/C19H17FN2O4S2/c1-12-3-5-13(6-4-12)18-22-14(11-27-18)10-26-19(23)16-9-15(7-8-17(16)20)28(24,25)21-2/h3-9,11,21H,10H2,1-2H3. The molecule has 1 aromatic heterocycles. The second-order valence-electron chi connectivity index (χ2n) is 5.94. The molecule has 1 heterocycles. The number of benzene rings is 2. The number of carbonyl (C=O) groups is 1. The maximum Gasteiger partial charge on any atom is 0.341 e. The summed E-state index contributed by atoms with van der Waals surface area (Å²) in [4.78, 5) is 16.4. The number of sulfonamides is 1. The van der Waals surface area contributed by atoms with E-state index in [2.05, 4.69) is 9.71 Å². The van der Waals surface area contributed by atoms with E-state index in [1.165, 1.54) is 18.4 Å². The molecule has 3 aromatic rings. The van der Waals surface area contributed by atoms with E-state index in [1.807, 2.05) is 31.2 Å². The molecular formula is C19H17FN2O4S2. The van der Waals surface area contributed by atoms with Gasteiger partial charge in [0.2, 0.25) is 10.0 Å². The normalized spacial score (nSPS) is 11.4. The average molecular weight is 420 g/mol. The van der Waals surface area contributed by atoms with Gasteiger partial charge in [-0.25, -0.2) is 27.3 Å². The molecule has 28 heavy (non-hydrogen) atoms. The van der Waals surface area contributed by atoms with Crippen molar-refractivity contribution in [3.8, 4) is 10.6 Å². The summed E-state index contributed by atoms with van der Waals surface area (Å²) in [6.07, 6.45) is 0. The van der Waals surface area contributed by atoms with Crippen LogP contribution in [0, 0.1) is 12.7 Å². The van der Waals surface area contributed by atoms with Crippen molar-refractivity contribution in [2.24, 2.45) is 0 Å². The lowest BCUT2D eigenvalue weighted by molar-refractivity contribution is 0.0463. The van der Waals surface area contributed by atoms with Crippen LogP contribution in [0.1, 0.15) is 21.6 Å². The third kappa shape index (κ3) is 4.44. The molecular weight excluding hydrogens is 403 g/mol. The molecule has 1 N–H and O–H groups in total. The molecule has 0 aliphatic rings. The fourth-order valence-electron chi connectivity index (χ4n) is 2.37. The van der Waals surface area contributed by atoms with Crippen molar-refractivity contribution in [2.75, 3.05) is 7.05 Å². The number of nitrogens with one attached hydrogen (secondary N) is 1. The fourth-order valence-corrected chi connectivity index (χ4v) is 3.93. The summed E-state index contributed by atoms with van der Waals surface area (Å²) < 4.78 is 44.9. The van der Waals surface area contributed by atoms with Gasteiger partial charge in [-0.1, -0.05) is 29.8 Å². The molecule has 0 unspecified atom stereocenters. The molecule has 146 valence electrons. The topological polar surface area (TPSA) is 85.4 Å². The van der Waals surface area contributed by atoms with Crippen LogP contribution in [0.25, 0.3) is 10.6 Å². The monoisotopic (exact) mass is 420 g/mol. The van der Waals surface area contributed by atoms with E-state index in [0.717, 1.165) is 34.3 Å². The third-order valence-corrected chi connectivity index (χ3v) is 6.29. The van der Waals surface area contributed by atoms with Crippen molar-refractivity contribution in [1.82, 2.24) is 9.71 Å². The van der Waals surface area contributed by atoms with Crippen LogP contribution < -0.4 is 4.72 Å². The number of ether oxygens (including phenoxy) is 1. The number of thiazole rings is 1. The number of nitrogens with zero attached hydrogens (tertiary/aromatic N) is 1. The molecule has 0 saturated heterocycles. The molecule has 0 aliphatic heterocycles. The van der Waals surface area contributed by atoms with Crippen molar-refractivity contribution in [2.45, 2.75) is 18.4 Å². The first kappa shape index (κ1) is 20.1. The SMILES string of the molecule is CNS(=O)(=O)c1ccc(F)c(C(=O)OCc2csc(-c3ccc(C)cc3)n2)c1.